The van der Waals surface area contributed by atoms with Gasteiger partial charge in [-0.1, -0.05) is 29.8 Å². The maximum atomic E-state index is 4.92. The topological polar surface area (TPSA) is 34.0 Å². The van der Waals surface area contributed by atoms with Crippen LogP contribution in [0, 0.1) is 6.92 Å². The summed E-state index contributed by atoms with van der Waals surface area (Å²) in [4.78, 5) is 11.9. The van der Waals surface area contributed by atoms with Crippen molar-refractivity contribution in [3.8, 4) is 0 Å². The average molecular weight is 306 g/mol. The Labute approximate surface area is 136 Å². The van der Waals surface area contributed by atoms with Crippen molar-refractivity contribution in [1.82, 2.24) is 19.4 Å². The number of benzene rings is 1. The zero-order valence-corrected chi connectivity index (χ0v) is 13.7. The van der Waals surface area contributed by atoms with Gasteiger partial charge in [-0.25, -0.2) is 9.97 Å². The van der Waals surface area contributed by atoms with E-state index in [2.05, 4.69) is 58.8 Å². The number of fused-ring (bicyclic) bond motifs is 1. The monoisotopic (exact) mass is 306 g/mol. The van der Waals surface area contributed by atoms with Crippen LogP contribution < -0.4 is 0 Å². The maximum absolute atomic E-state index is 4.92. The first-order chi connectivity index (χ1) is 11.2. The number of aromatic nitrogens is 3. The van der Waals surface area contributed by atoms with Crippen molar-refractivity contribution in [3.05, 3.63) is 59.5 Å². The summed E-state index contributed by atoms with van der Waals surface area (Å²) < 4.78 is 2.30. The van der Waals surface area contributed by atoms with Gasteiger partial charge in [-0.15, -0.1) is 0 Å². The Bertz CT molecular complexity index is 836. The van der Waals surface area contributed by atoms with E-state index in [0.717, 1.165) is 30.1 Å². The van der Waals surface area contributed by atoms with Crippen LogP contribution in [0.1, 0.15) is 35.8 Å². The van der Waals surface area contributed by atoms with E-state index in [1.54, 1.807) is 0 Å². The number of aryl methyl sites for hydroxylation is 1. The van der Waals surface area contributed by atoms with Crippen molar-refractivity contribution in [3.63, 3.8) is 0 Å². The Hall–Kier alpha value is -2.20. The smallest absolute Gasteiger partial charge is 0.160 e. The lowest BCUT2D eigenvalue weighted by atomic mass is 10.1. The molecule has 0 saturated carbocycles. The molecule has 1 unspecified atom stereocenters. The van der Waals surface area contributed by atoms with Crippen LogP contribution in [0.3, 0.4) is 0 Å². The molecule has 1 aliphatic heterocycles. The van der Waals surface area contributed by atoms with Crippen LogP contribution in [0.5, 0.6) is 0 Å². The highest BCUT2D eigenvalue weighted by Crippen LogP contribution is 2.32. The summed E-state index contributed by atoms with van der Waals surface area (Å²) in [6, 6.07) is 13.1. The minimum Gasteiger partial charge on any atom is -0.307 e. The fourth-order valence-corrected chi connectivity index (χ4v) is 3.62. The molecule has 4 rings (SSSR count). The second-order valence-electron chi connectivity index (χ2n) is 6.53. The molecule has 3 aromatic rings. The molecule has 2 aromatic heterocycles. The quantitative estimate of drug-likeness (QED) is 0.742. The molecule has 4 nitrogen and oxygen atoms in total. The Morgan fingerprint density at radius 3 is 2.91 bits per heavy atom. The molecule has 4 heteroatoms. The van der Waals surface area contributed by atoms with Gasteiger partial charge in [0, 0.05) is 6.20 Å². The molecule has 0 aliphatic carbocycles. The minimum atomic E-state index is 0.397. The summed E-state index contributed by atoms with van der Waals surface area (Å²) in [6.45, 7) is 4.11. The van der Waals surface area contributed by atoms with Gasteiger partial charge in [-0.2, -0.15) is 0 Å². The van der Waals surface area contributed by atoms with Crippen molar-refractivity contribution in [2.45, 2.75) is 32.4 Å². The van der Waals surface area contributed by atoms with Gasteiger partial charge in [0.15, 0.2) is 5.65 Å². The summed E-state index contributed by atoms with van der Waals surface area (Å²) in [5.74, 6) is 1.15. The Kier molecular flexibility index (Phi) is 3.62. The highest BCUT2D eigenvalue weighted by atomic mass is 15.2. The number of hydrogen-bond donors (Lipinski definition) is 0. The highest BCUT2D eigenvalue weighted by molar-refractivity contribution is 5.71. The Balaban J connectivity index is 1.82. The molecule has 1 fully saturated rings. The van der Waals surface area contributed by atoms with Crippen molar-refractivity contribution in [1.29, 1.82) is 0 Å². The lowest BCUT2D eigenvalue weighted by Gasteiger charge is -2.20. The van der Waals surface area contributed by atoms with Crippen LogP contribution in [0.25, 0.3) is 11.2 Å². The van der Waals surface area contributed by atoms with Crippen LogP contribution in [0.2, 0.25) is 0 Å². The summed E-state index contributed by atoms with van der Waals surface area (Å²) >= 11 is 0. The lowest BCUT2D eigenvalue weighted by molar-refractivity contribution is 0.300. The fourth-order valence-electron chi connectivity index (χ4n) is 3.62. The number of pyridine rings is 1. The lowest BCUT2D eigenvalue weighted by Crippen LogP contribution is -2.21. The van der Waals surface area contributed by atoms with E-state index in [0.29, 0.717) is 6.04 Å². The zero-order valence-electron chi connectivity index (χ0n) is 13.7. The second kappa shape index (κ2) is 5.78. The molecular weight excluding hydrogens is 284 g/mol. The molecule has 3 heterocycles. The van der Waals surface area contributed by atoms with E-state index >= 15 is 0 Å². The van der Waals surface area contributed by atoms with Gasteiger partial charge in [0.1, 0.15) is 11.3 Å². The van der Waals surface area contributed by atoms with Gasteiger partial charge in [-0.3, -0.25) is 4.90 Å². The van der Waals surface area contributed by atoms with Crippen molar-refractivity contribution in [2.75, 3.05) is 13.6 Å². The van der Waals surface area contributed by atoms with E-state index in [-0.39, 0.29) is 0 Å². The number of hydrogen-bond acceptors (Lipinski definition) is 3. The number of rotatable bonds is 3. The van der Waals surface area contributed by atoms with Gasteiger partial charge < -0.3 is 4.57 Å². The SMILES string of the molecule is Cc1cccc(Cn2c(C3CCCN3C)nc3cccnc32)c1. The third kappa shape index (κ3) is 2.63. The first-order valence-corrected chi connectivity index (χ1v) is 8.29. The second-order valence-corrected chi connectivity index (χ2v) is 6.53. The Morgan fingerprint density at radius 1 is 1.22 bits per heavy atom. The van der Waals surface area contributed by atoms with Crippen molar-refractivity contribution in [2.24, 2.45) is 0 Å². The molecule has 0 amide bonds. The van der Waals surface area contributed by atoms with Gasteiger partial charge in [0.25, 0.3) is 0 Å². The third-order valence-corrected chi connectivity index (χ3v) is 4.77. The molecule has 0 N–H and O–H groups in total. The molecule has 118 valence electrons. The molecule has 1 aromatic carbocycles. The van der Waals surface area contributed by atoms with Crippen LogP contribution >= 0.6 is 0 Å². The molecule has 23 heavy (non-hydrogen) atoms. The average Bonchev–Trinajstić information content (AvgIpc) is 3.11. The predicted octanol–water partition coefficient (Wildman–Crippen LogP) is 3.55. The standard InChI is InChI=1S/C19H22N4/c1-14-6-3-7-15(12-14)13-23-18-16(8-4-10-20-18)21-19(23)17-9-5-11-22(17)2/h3-4,6-8,10,12,17H,5,9,11,13H2,1-2H3. The minimum absolute atomic E-state index is 0.397. The molecule has 0 radical (unpaired) electrons. The molecule has 0 bridgehead atoms. The maximum Gasteiger partial charge on any atom is 0.160 e. The van der Waals surface area contributed by atoms with Gasteiger partial charge in [0.05, 0.1) is 12.6 Å². The summed E-state index contributed by atoms with van der Waals surface area (Å²) in [7, 11) is 2.20. The van der Waals surface area contributed by atoms with Gasteiger partial charge in [0.2, 0.25) is 0 Å². The van der Waals surface area contributed by atoms with Gasteiger partial charge in [-0.05, 0) is 51.1 Å². The summed E-state index contributed by atoms with van der Waals surface area (Å²) in [5.41, 5.74) is 4.58. The normalized spacial score (nSPS) is 18.8. The zero-order chi connectivity index (χ0) is 15.8. The van der Waals surface area contributed by atoms with Crippen molar-refractivity contribution >= 4 is 11.2 Å². The first-order valence-electron chi connectivity index (χ1n) is 8.29. The van der Waals surface area contributed by atoms with E-state index < -0.39 is 0 Å². The van der Waals surface area contributed by atoms with Gasteiger partial charge >= 0.3 is 0 Å². The van der Waals surface area contributed by atoms with Crippen LogP contribution in [0.4, 0.5) is 0 Å². The third-order valence-electron chi connectivity index (χ3n) is 4.77. The largest absolute Gasteiger partial charge is 0.307 e. The number of nitrogens with zero attached hydrogens (tertiary/aromatic N) is 4. The van der Waals surface area contributed by atoms with E-state index in [1.165, 1.54) is 24.0 Å². The molecule has 0 spiro atoms. The predicted molar refractivity (Wildman–Crippen MR) is 92.4 cm³/mol. The number of imidazole rings is 1. The van der Waals surface area contributed by atoms with Crippen molar-refractivity contribution < 1.29 is 0 Å². The molecular formula is C19H22N4. The van der Waals surface area contributed by atoms with E-state index in [9.17, 15) is 0 Å². The van der Waals surface area contributed by atoms with E-state index in [1.807, 2.05) is 12.3 Å². The summed E-state index contributed by atoms with van der Waals surface area (Å²) in [6.07, 6.45) is 4.27. The molecule has 1 aliphatic rings. The summed E-state index contributed by atoms with van der Waals surface area (Å²) in [5, 5.41) is 0. The van der Waals surface area contributed by atoms with Crippen LogP contribution in [-0.4, -0.2) is 33.0 Å². The highest BCUT2D eigenvalue weighted by Gasteiger charge is 2.28. The Morgan fingerprint density at radius 2 is 2.13 bits per heavy atom. The number of likely N-dealkylation sites (tertiary alicyclic amines) is 1. The fraction of sp³-hybridized carbons (Fsp3) is 0.368. The van der Waals surface area contributed by atoms with Crippen LogP contribution in [-0.2, 0) is 6.54 Å². The van der Waals surface area contributed by atoms with E-state index in [4.69, 9.17) is 4.98 Å². The van der Waals surface area contributed by atoms with Crippen LogP contribution in [0.15, 0.2) is 42.6 Å². The molecule has 1 atom stereocenters. The first kappa shape index (κ1) is 14.4. The molecule has 1 saturated heterocycles.